The van der Waals surface area contributed by atoms with Gasteiger partial charge in [0.2, 0.25) is 10.0 Å². The molecule has 0 bridgehead atoms. The fourth-order valence-corrected chi connectivity index (χ4v) is 1.52. The Morgan fingerprint density at radius 1 is 1.33 bits per heavy atom. The molecule has 5 heteroatoms. The van der Waals surface area contributed by atoms with Gasteiger partial charge in [-0.15, -0.1) is 0 Å². The Bertz CT molecular complexity index is 199. The molecule has 0 aliphatic carbocycles. The number of hydrogen-bond acceptors (Lipinski definition) is 3. The summed E-state index contributed by atoms with van der Waals surface area (Å²) in [7, 11) is 0.0501. The van der Waals surface area contributed by atoms with E-state index in [1.807, 2.05) is 6.92 Å². The van der Waals surface area contributed by atoms with Gasteiger partial charge in [0.25, 0.3) is 0 Å². The smallest absolute Gasteiger partial charge is 0.213 e. The lowest BCUT2D eigenvalue weighted by atomic mass is 10.5. The Kier molecular flexibility index (Phi) is 5.44. The number of nitrogens with zero attached hydrogens (tertiary/aromatic N) is 1. The molecule has 0 saturated heterocycles. The van der Waals surface area contributed by atoms with Crippen LogP contribution in [-0.2, 0) is 14.8 Å². The van der Waals surface area contributed by atoms with E-state index in [0.717, 1.165) is 0 Å². The van der Waals surface area contributed by atoms with Crippen LogP contribution in [0.5, 0.6) is 0 Å². The van der Waals surface area contributed by atoms with Crippen molar-refractivity contribution in [2.24, 2.45) is 0 Å². The Morgan fingerprint density at radius 2 is 1.92 bits per heavy atom. The molecule has 0 heterocycles. The standard InChI is InChI=1S/C7H17NO3S/c1-4-11-6-5-7-12(9,10)8(2)3/h4-7H2,1-3H3. The highest BCUT2D eigenvalue weighted by atomic mass is 32.2. The largest absolute Gasteiger partial charge is 0.382 e. The normalized spacial score (nSPS) is 12.3. The Morgan fingerprint density at radius 3 is 2.33 bits per heavy atom. The molecule has 0 aromatic heterocycles. The molecule has 0 aliphatic rings. The zero-order valence-electron chi connectivity index (χ0n) is 7.91. The summed E-state index contributed by atoms with van der Waals surface area (Å²) in [5, 5.41) is 0. The van der Waals surface area contributed by atoms with E-state index in [1.165, 1.54) is 18.4 Å². The molecule has 0 fully saturated rings. The average molecular weight is 195 g/mol. The van der Waals surface area contributed by atoms with Crippen molar-refractivity contribution in [3.05, 3.63) is 0 Å². The highest BCUT2D eigenvalue weighted by molar-refractivity contribution is 7.89. The van der Waals surface area contributed by atoms with E-state index < -0.39 is 10.0 Å². The van der Waals surface area contributed by atoms with Crippen molar-refractivity contribution < 1.29 is 13.2 Å². The van der Waals surface area contributed by atoms with Crippen molar-refractivity contribution in [2.75, 3.05) is 33.1 Å². The Labute approximate surface area is 74.6 Å². The van der Waals surface area contributed by atoms with Gasteiger partial charge in [0.05, 0.1) is 5.75 Å². The zero-order chi connectivity index (χ0) is 9.61. The molecule has 74 valence electrons. The van der Waals surface area contributed by atoms with Gasteiger partial charge in [-0.25, -0.2) is 12.7 Å². The lowest BCUT2D eigenvalue weighted by Gasteiger charge is -2.10. The third-order valence-corrected chi connectivity index (χ3v) is 3.37. The molecule has 0 unspecified atom stereocenters. The van der Waals surface area contributed by atoms with Crippen LogP contribution in [0.15, 0.2) is 0 Å². The summed E-state index contributed by atoms with van der Waals surface area (Å²) < 4.78 is 28.6. The first-order valence-electron chi connectivity index (χ1n) is 3.98. The molecule has 0 spiro atoms. The molecule has 4 nitrogen and oxygen atoms in total. The first kappa shape index (κ1) is 11.9. The van der Waals surface area contributed by atoms with Gasteiger partial charge in [-0.1, -0.05) is 0 Å². The molecule has 0 atom stereocenters. The van der Waals surface area contributed by atoms with Crippen molar-refractivity contribution in [3.8, 4) is 0 Å². The second-order valence-corrected chi connectivity index (χ2v) is 4.95. The van der Waals surface area contributed by atoms with E-state index in [0.29, 0.717) is 19.6 Å². The highest BCUT2D eigenvalue weighted by Gasteiger charge is 2.11. The quantitative estimate of drug-likeness (QED) is 0.573. The van der Waals surface area contributed by atoms with Gasteiger partial charge in [-0.05, 0) is 13.3 Å². The van der Waals surface area contributed by atoms with Gasteiger partial charge in [0.15, 0.2) is 0 Å². The van der Waals surface area contributed by atoms with Crippen LogP contribution in [0.4, 0.5) is 0 Å². The van der Waals surface area contributed by atoms with Crippen molar-refractivity contribution in [1.29, 1.82) is 0 Å². The predicted octanol–water partition coefficient (Wildman–Crippen LogP) is 0.304. The number of sulfonamides is 1. The first-order chi connectivity index (χ1) is 5.50. The zero-order valence-corrected chi connectivity index (χ0v) is 8.73. The molecular weight excluding hydrogens is 178 g/mol. The number of ether oxygens (including phenoxy) is 1. The maximum atomic E-state index is 11.2. The van der Waals surface area contributed by atoms with Crippen molar-refractivity contribution in [1.82, 2.24) is 4.31 Å². The van der Waals surface area contributed by atoms with Gasteiger partial charge < -0.3 is 4.74 Å². The second-order valence-electron chi connectivity index (χ2n) is 2.65. The Hall–Kier alpha value is -0.130. The molecule has 12 heavy (non-hydrogen) atoms. The van der Waals surface area contributed by atoms with Gasteiger partial charge in [-0.3, -0.25) is 0 Å². The summed E-state index contributed by atoms with van der Waals surface area (Å²) in [6.07, 6.45) is 0.564. The molecule has 0 N–H and O–H groups in total. The monoisotopic (exact) mass is 195 g/mol. The highest BCUT2D eigenvalue weighted by Crippen LogP contribution is 1.96. The summed E-state index contributed by atoms with van der Waals surface area (Å²) in [5.41, 5.74) is 0. The van der Waals surface area contributed by atoms with E-state index in [1.54, 1.807) is 0 Å². The molecule has 0 rings (SSSR count). The first-order valence-corrected chi connectivity index (χ1v) is 5.59. The van der Waals surface area contributed by atoms with Crippen molar-refractivity contribution in [2.45, 2.75) is 13.3 Å². The average Bonchev–Trinajstić information content (AvgIpc) is 1.98. The van der Waals surface area contributed by atoms with Crippen LogP contribution in [0.2, 0.25) is 0 Å². The maximum Gasteiger partial charge on any atom is 0.213 e. The molecule has 0 aromatic carbocycles. The van der Waals surface area contributed by atoms with Crippen LogP contribution >= 0.6 is 0 Å². The minimum absolute atomic E-state index is 0.167. The van der Waals surface area contributed by atoms with E-state index >= 15 is 0 Å². The van der Waals surface area contributed by atoms with E-state index in [-0.39, 0.29) is 5.75 Å². The summed E-state index contributed by atoms with van der Waals surface area (Å²) in [5.74, 6) is 0.167. The van der Waals surface area contributed by atoms with Crippen LogP contribution in [0, 0.1) is 0 Å². The molecule has 0 saturated carbocycles. The van der Waals surface area contributed by atoms with Crippen molar-refractivity contribution >= 4 is 10.0 Å². The summed E-state index contributed by atoms with van der Waals surface area (Å²) in [6, 6.07) is 0. The van der Waals surface area contributed by atoms with Crippen molar-refractivity contribution in [3.63, 3.8) is 0 Å². The minimum atomic E-state index is -3.03. The lowest BCUT2D eigenvalue weighted by Crippen LogP contribution is -2.25. The summed E-state index contributed by atoms with van der Waals surface area (Å²) >= 11 is 0. The van der Waals surface area contributed by atoms with Crippen LogP contribution < -0.4 is 0 Å². The second kappa shape index (κ2) is 5.50. The molecule has 0 radical (unpaired) electrons. The van der Waals surface area contributed by atoms with E-state index in [9.17, 15) is 8.42 Å². The van der Waals surface area contributed by atoms with Gasteiger partial charge in [0.1, 0.15) is 0 Å². The fourth-order valence-electron chi connectivity index (χ4n) is 0.670. The molecule has 0 amide bonds. The van der Waals surface area contributed by atoms with Gasteiger partial charge >= 0.3 is 0 Å². The third-order valence-electron chi connectivity index (χ3n) is 1.45. The van der Waals surface area contributed by atoms with Crippen LogP contribution in [0.3, 0.4) is 0 Å². The van der Waals surface area contributed by atoms with Gasteiger partial charge in [-0.2, -0.15) is 0 Å². The van der Waals surface area contributed by atoms with E-state index in [4.69, 9.17) is 4.74 Å². The fraction of sp³-hybridized carbons (Fsp3) is 1.00. The summed E-state index contributed by atoms with van der Waals surface area (Å²) in [4.78, 5) is 0. The van der Waals surface area contributed by atoms with Gasteiger partial charge in [0, 0.05) is 27.3 Å². The van der Waals surface area contributed by atoms with Crippen LogP contribution in [-0.4, -0.2) is 45.8 Å². The maximum absolute atomic E-state index is 11.2. The van der Waals surface area contributed by atoms with Crippen LogP contribution in [0.25, 0.3) is 0 Å². The lowest BCUT2D eigenvalue weighted by molar-refractivity contribution is 0.148. The van der Waals surface area contributed by atoms with Crippen LogP contribution in [0.1, 0.15) is 13.3 Å². The number of rotatable bonds is 6. The van der Waals surface area contributed by atoms with E-state index in [2.05, 4.69) is 0 Å². The topological polar surface area (TPSA) is 46.6 Å². The predicted molar refractivity (Wildman–Crippen MR) is 48.6 cm³/mol. The third kappa shape index (κ3) is 4.69. The SMILES string of the molecule is CCOCCCS(=O)(=O)N(C)C. The molecule has 0 aromatic rings. The molecule has 0 aliphatic heterocycles. The molecular formula is C7H17NO3S. The summed E-state index contributed by atoms with van der Waals surface area (Å²) in [6.45, 7) is 3.05. The number of hydrogen-bond donors (Lipinski definition) is 0. The Balaban J connectivity index is 3.63. The minimum Gasteiger partial charge on any atom is -0.382 e.